The van der Waals surface area contributed by atoms with Crippen LogP contribution in [0.15, 0.2) is 72.8 Å². The van der Waals surface area contributed by atoms with Crippen LogP contribution in [0.5, 0.6) is 0 Å². The Kier molecular flexibility index (Phi) is 4.80. The van der Waals surface area contributed by atoms with Gasteiger partial charge in [0.25, 0.3) is 8.07 Å². The number of rotatable bonds is 3. The molecule has 134 valence electrons. The van der Waals surface area contributed by atoms with Crippen LogP contribution < -0.4 is 15.6 Å². The van der Waals surface area contributed by atoms with Gasteiger partial charge in [0.15, 0.2) is 0 Å². The first-order valence-electron chi connectivity index (χ1n) is 8.53. The average molecular weight is 370 g/mol. The van der Waals surface area contributed by atoms with E-state index >= 15 is 0 Å². The molecule has 0 saturated heterocycles. The molecular weight excluding hydrogens is 349 g/mol. The predicted octanol–water partition coefficient (Wildman–Crippen LogP) is 4.18. The first-order chi connectivity index (χ1) is 12.2. The minimum Gasteiger partial charge on any atom is -0.175 e. The van der Waals surface area contributed by atoms with Crippen LogP contribution in [0.1, 0.15) is 16.7 Å². The summed E-state index contributed by atoms with van der Waals surface area (Å²) in [5.41, 5.74) is 2.85. The maximum atomic E-state index is 14.8. The van der Waals surface area contributed by atoms with Crippen molar-refractivity contribution in [3.63, 3.8) is 0 Å². The van der Waals surface area contributed by atoms with Crippen LogP contribution in [-0.2, 0) is 0 Å². The molecule has 0 aliphatic rings. The molecule has 0 aliphatic carbocycles. The Morgan fingerprint density at radius 2 is 0.731 bits per heavy atom. The highest BCUT2D eigenvalue weighted by Gasteiger charge is 2.61. The Morgan fingerprint density at radius 1 is 0.500 bits per heavy atom. The minimum atomic E-state index is -4.35. The summed E-state index contributed by atoms with van der Waals surface area (Å²) in [7, 11) is -4.19. The van der Waals surface area contributed by atoms with E-state index in [1.165, 1.54) is 0 Å². The van der Waals surface area contributed by atoms with E-state index in [9.17, 15) is 13.2 Å². The summed E-state index contributed by atoms with van der Waals surface area (Å²) in [6.07, 6.45) is 0. The fourth-order valence-electron chi connectivity index (χ4n) is 3.40. The summed E-state index contributed by atoms with van der Waals surface area (Å²) < 4.78 is 44.4. The molecule has 3 aromatic rings. The van der Waals surface area contributed by atoms with Crippen molar-refractivity contribution in [2.24, 2.45) is 0 Å². The molecule has 0 atom stereocenters. The van der Waals surface area contributed by atoms with Crippen molar-refractivity contribution in [1.82, 2.24) is 0 Å². The molecule has 0 fully saturated rings. The van der Waals surface area contributed by atoms with E-state index in [4.69, 9.17) is 0 Å². The van der Waals surface area contributed by atoms with Gasteiger partial charge in [0.1, 0.15) is 0 Å². The zero-order valence-corrected chi connectivity index (χ0v) is 16.1. The molecule has 0 N–H and O–H groups in total. The van der Waals surface area contributed by atoms with Gasteiger partial charge in [-0.1, -0.05) is 89.5 Å². The van der Waals surface area contributed by atoms with Gasteiger partial charge in [-0.2, -0.15) is 13.2 Å². The van der Waals surface area contributed by atoms with Gasteiger partial charge in [-0.25, -0.2) is 0 Å². The van der Waals surface area contributed by atoms with E-state index in [0.29, 0.717) is 15.6 Å². The average Bonchev–Trinajstić information content (AvgIpc) is 2.59. The largest absolute Gasteiger partial charge is 0.375 e. The summed E-state index contributed by atoms with van der Waals surface area (Å²) in [4.78, 5) is 0. The van der Waals surface area contributed by atoms with Gasteiger partial charge < -0.3 is 0 Å². The van der Waals surface area contributed by atoms with Gasteiger partial charge >= 0.3 is 5.80 Å². The summed E-state index contributed by atoms with van der Waals surface area (Å²) in [5, 5.41) is 1.09. The third kappa shape index (κ3) is 3.10. The second-order valence-electron chi connectivity index (χ2n) is 6.85. The standard InChI is InChI=1S/C22H21F3Si/c1-16-4-10-19(11-5-16)26(22(23,24)25,20-12-6-17(2)7-13-20)21-14-8-18(3)9-15-21/h4-15H,1-3H3. The Balaban J connectivity index is 2.40. The topological polar surface area (TPSA) is 0 Å². The lowest BCUT2D eigenvalue weighted by atomic mass is 10.2. The highest BCUT2D eigenvalue weighted by atomic mass is 28.3. The van der Waals surface area contributed by atoms with Gasteiger partial charge in [-0.3, -0.25) is 0 Å². The molecule has 0 aromatic heterocycles. The Hall–Kier alpha value is -2.33. The zero-order valence-electron chi connectivity index (χ0n) is 15.1. The molecule has 3 aromatic carbocycles. The highest BCUT2D eigenvalue weighted by Crippen LogP contribution is 2.29. The third-order valence-electron chi connectivity index (χ3n) is 4.88. The van der Waals surface area contributed by atoms with E-state index in [1.807, 2.05) is 20.8 Å². The molecule has 0 spiro atoms. The first-order valence-corrected chi connectivity index (χ1v) is 10.5. The number of benzene rings is 3. The van der Waals surface area contributed by atoms with Gasteiger partial charge in [0, 0.05) is 0 Å². The SMILES string of the molecule is Cc1ccc([Si](c2ccc(C)cc2)(c2ccc(C)cc2)C(F)(F)F)cc1. The fourth-order valence-corrected chi connectivity index (χ4v) is 7.38. The lowest BCUT2D eigenvalue weighted by Crippen LogP contribution is -2.76. The normalized spacial score (nSPS) is 12.2. The molecule has 0 bridgehead atoms. The van der Waals surface area contributed by atoms with Crippen molar-refractivity contribution < 1.29 is 13.2 Å². The molecule has 0 radical (unpaired) electrons. The summed E-state index contributed by atoms with van der Waals surface area (Å²) in [6.45, 7) is 5.66. The predicted molar refractivity (Wildman–Crippen MR) is 104 cm³/mol. The molecule has 0 heterocycles. The van der Waals surface area contributed by atoms with Gasteiger partial charge in [-0.15, -0.1) is 0 Å². The number of aryl methyl sites for hydroxylation is 3. The third-order valence-corrected chi connectivity index (χ3v) is 9.33. The second-order valence-corrected chi connectivity index (χ2v) is 10.6. The quantitative estimate of drug-likeness (QED) is 0.479. The van der Waals surface area contributed by atoms with E-state index in [2.05, 4.69) is 0 Å². The van der Waals surface area contributed by atoms with E-state index in [1.54, 1.807) is 72.8 Å². The summed E-state index contributed by atoms with van der Waals surface area (Å²) >= 11 is 0. The van der Waals surface area contributed by atoms with E-state index in [0.717, 1.165) is 16.7 Å². The molecule has 0 unspecified atom stereocenters. The van der Waals surface area contributed by atoms with Gasteiger partial charge in [0.05, 0.1) is 0 Å². The molecule has 4 heteroatoms. The van der Waals surface area contributed by atoms with Crippen molar-refractivity contribution in [2.45, 2.75) is 26.6 Å². The zero-order chi connectivity index (χ0) is 18.9. The van der Waals surface area contributed by atoms with Crippen LogP contribution in [0.4, 0.5) is 13.2 Å². The number of hydrogen-bond acceptors (Lipinski definition) is 0. The molecule has 0 saturated carbocycles. The van der Waals surface area contributed by atoms with Crippen LogP contribution in [0.25, 0.3) is 0 Å². The summed E-state index contributed by atoms with van der Waals surface area (Å²) in [5.74, 6) is -4.35. The fraction of sp³-hybridized carbons (Fsp3) is 0.182. The smallest absolute Gasteiger partial charge is 0.175 e. The molecule has 0 nitrogen and oxygen atoms in total. The monoisotopic (exact) mass is 370 g/mol. The highest BCUT2D eigenvalue weighted by molar-refractivity contribution is 7.12. The maximum absolute atomic E-state index is 14.8. The molecular formula is C22H21F3Si. The lowest BCUT2D eigenvalue weighted by molar-refractivity contribution is -0.0515. The van der Waals surface area contributed by atoms with Crippen molar-refractivity contribution in [1.29, 1.82) is 0 Å². The van der Waals surface area contributed by atoms with Crippen molar-refractivity contribution in [2.75, 3.05) is 0 Å². The Bertz CT molecular complexity index is 766. The van der Waals surface area contributed by atoms with Crippen molar-refractivity contribution >= 4 is 23.6 Å². The maximum Gasteiger partial charge on any atom is 0.375 e. The van der Waals surface area contributed by atoms with E-state index < -0.39 is 13.9 Å². The van der Waals surface area contributed by atoms with Crippen molar-refractivity contribution in [3.8, 4) is 0 Å². The molecule has 26 heavy (non-hydrogen) atoms. The Labute approximate surface area is 153 Å². The first kappa shape index (κ1) is 18.5. The molecule has 0 amide bonds. The van der Waals surface area contributed by atoms with Crippen molar-refractivity contribution in [3.05, 3.63) is 89.5 Å². The van der Waals surface area contributed by atoms with Crippen LogP contribution in [-0.4, -0.2) is 13.9 Å². The second kappa shape index (κ2) is 6.76. The number of hydrogen-bond donors (Lipinski definition) is 0. The molecule has 0 aliphatic heterocycles. The van der Waals surface area contributed by atoms with Crippen LogP contribution in [0.3, 0.4) is 0 Å². The van der Waals surface area contributed by atoms with Gasteiger partial charge in [-0.05, 0) is 36.3 Å². The minimum absolute atomic E-state index is 0.364. The Morgan fingerprint density at radius 3 is 0.923 bits per heavy atom. The van der Waals surface area contributed by atoms with Gasteiger partial charge in [0.2, 0.25) is 0 Å². The van der Waals surface area contributed by atoms with Crippen LogP contribution in [0.2, 0.25) is 0 Å². The number of alkyl halides is 3. The van der Waals surface area contributed by atoms with E-state index in [-0.39, 0.29) is 0 Å². The lowest BCUT2D eigenvalue weighted by Gasteiger charge is -2.35. The molecule has 3 rings (SSSR count). The van der Waals surface area contributed by atoms with Crippen LogP contribution in [0, 0.1) is 20.8 Å². The number of halogens is 3. The van der Waals surface area contributed by atoms with Crippen LogP contribution >= 0.6 is 0 Å². The summed E-state index contributed by atoms with van der Waals surface area (Å²) in [6, 6.07) is 20.5.